The van der Waals surface area contributed by atoms with Crippen LogP contribution in [-0.2, 0) is 11.3 Å². The molecule has 10 nitrogen and oxygen atoms in total. The zero-order valence-corrected chi connectivity index (χ0v) is 11.8. The van der Waals surface area contributed by atoms with Gasteiger partial charge in [-0.2, -0.15) is 5.10 Å². The van der Waals surface area contributed by atoms with Gasteiger partial charge in [0.25, 0.3) is 0 Å². The van der Waals surface area contributed by atoms with E-state index < -0.39 is 23.0 Å². The fourth-order valence-electron chi connectivity index (χ4n) is 1.88. The largest absolute Gasteiger partial charge is 0.390 e. The fraction of sp³-hybridized carbons (Fsp3) is 0.636. The van der Waals surface area contributed by atoms with Crippen LogP contribution in [0.3, 0.4) is 0 Å². The minimum Gasteiger partial charge on any atom is -0.390 e. The summed E-state index contributed by atoms with van der Waals surface area (Å²) in [6.07, 6.45) is -2.21. The number of nitrogens with zero attached hydrogens (tertiary/aromatic N) is 3. The van der Waals surface area contributed by atoms with E-state index in [1.807, 2.05) is 0 Å². The molecule has 1 aromatic heterocycles. The van der Waals surface area contributed by atoms with Gasteiger partial charge >= 0.3 is 5.69 Å². The number of nitrogens with two attached hydrogens (primary N) is 1. The SMILES string of the molecule is Cc1nn(CC(O)CNCC(O)C(N)=O)c(C)c1[N+](=O)[O-]. The maximum atomic E-state index is 10.9. The number of hydrogen-bond acceptors (Lipinski definition) is 7. The Kier molecular flexibility index (Phi) is 5.76. The number of aliphatic hydroxyl groups excluding tert-OH is 2. The first-order valence-electron chi connectivity index (χ1n) is 6.28. The third-order valence-electron chi connectivity index (χ3n) is 2.96. The lowest BCUT2D eigenvalue weighted by atomic mass is 10.3. The number of aryl methyl sites for hydroxylation is 1. The average Bonchev–Trinajstić information content (AvgIpc) is 2.63. The lowest BCUT2D eigenvalue weighted by Gasteiger charge is -2.14. The molecule has 1 rings (SSSR count). The second-order valence-corrected chi connectivity index (χ2v) is 4.69. The van der Waals surface area contributed by atoms with E-state index in [0.29, 0.717) is 5.69 Å². The van der Waals surface area contributed by atoms with Crippen molar-refractivity contribution in [3.8, 4) is 0 Å². The Labute approximate surface area is 120 Å². The van der Waals surface area contributed by atoms with E-state index in [2.05, 4.69) is 10.4 Å². The van der Waals surface area contributed by atoms with Gasteiger partial charge in [-0.3, -0.25) is 19.6 Å². The molecular formula is C11H19N5O5. The van der Waals surface area contributed by atoms with Crippen LogP contribution in [0.15, 0.2) is 0 Å². The van der Waals surface area contributed by atoms with Crippen LogP contribution in [0.25, 0.3) is 0 Å². The Bertz CT molecular complexity index is 529. The zero-order chi connectivity index (χ0) is 16.2. The molecule has 1 amide bonds. The highest BCUT2D eigenvalue weighted by atomic mass is 16.6. The van der Waals surface area contributed by atoms with Gasteiger partial charge in [0.05, 0.1) is 17.6 Å². The van der Waals surface area contributed by atoms with Gasteiger partial charge in [-0.1, -0.05) is 0 Å². The molecule has 0 aliphatic carbocycles. The Hall–Kier alpha value is -2.04. The summed E-state index contributed by atoms with van der Waals surface area (Å²) in [5, 5.41) is 36.5. The van der Waals surface area contributed by atoms with Gasteiger partial charge in [-0.25, -0.2) is 0 Å². The lowest BCUT2D eigenvalue weighted by molar-refractivity contribution is -0.386. The van der Waals surface area contributed by atoms with E-state index in [-0.39, 0.29) is 31.0 Å². The average molecular weight is 301 g/mol. The first-order valence-corrected chi connectivity index (χ1v) is 6.28. The van der Waals surface area contributed by atoms with Crippen molar-refractivity contribution in [2.75, 3.05) is 13.1 Å². The van der Waals surface area contributed by atoms with Crippen LogP contribution < -0.4 is 11.1 Å². The van der Waals surface area contributed by atoms with Crippen molar-refractivity contribution < 1.29 is 19.9 Å². The highest BCUT2D eigenvalue weighted by Gasteiger charge is 2.22. The molecule has 0 fully saturated rings. The van der Waals surface area contributed by atoms with Gasteiger partial charge in [0.1, 0.15) is 17.5 Å². The van der Waals surface area contributed by atoms with E-state index in [4.69, 9.17) is 10.8 Å². The van der Waals surface area contributed by atoms with Crippen LogP contribution >= 0.6 is 0 Å². The van der Waals surface area contributed by atoms with E-state index in [1.165, 1.54) is 11.6 Å². The van der Waals surface area contributed by atoms with Gasteiger partial charge < -0.3 is 21.3 Å². The summed E-state index contributed by atoms with van der Waals surface area (Å²) >= 11 is 0. The summed E-state index contributed by atoms with van der Waals surface area (Å²) < 4.78 is 1.35. The van der Waals surface area contributed by atoms with Crippen LogP contribution in [0.2, 0.25) is 0 Å². The second-order valence-electron chi connectivity index (χ2n) is 4.69. The summed E-state index contributed by atoms with van der Waals surface area (Å²) in [6.45, 7) is 3.13. The number of nitro groups is 1. The maximum Gasteiger partial charge on any atom is 0.312 e. The molecule has 2 atom stereocenters. The number of hydrogen-bond donors (Lipinski definition) is 4. The van der Waals surface area contributed by atoms with Crippen LogP contribution in [-0.4, -0.2) is 56.1 Å². The molecule has 21 heavy (non-hydrogen) atoms. The Morgan fingerprint density at radius 1 is 1.48 bits per heavy atom. The van der Waals surface area contributed by atoms with Crippen molar-refractivity contribution in [1.29, 1.82) is 0 Å². The third kappa shape index (κ3) is 4.48. The molecule has 1 heterocycles. The molecular weight excluding hydrogens is 282 g/mol. The Morgan fingerprint density at radius 3 is 2.57 bits per heavy atom. The minimum atomic E-state index is -1.33. The van der Waals surface area contributed by atoms with Gasteiger partial charge in [-0.05, 0) is 13.8 Å². The zero-order valence-electron chi connectivity index (χ0n) is 11.8. The predicted molar refractivity (Wildman–Crippen MR) is 72.4 cm³/mol. The lowest BCUT2D eigenvalue weighted by Crippen LogP contribution is -2.41. The Balaban J connectivity index is 2.56. The molecule has 1 aromatic rings. The number of aliphatic hydroxyl groups is 2. The number of aromatic nitrogens is 2. The molecule has 10 heteroatoms. The molecule has 0 saturated heterocycles. The number of nitrogens with one attached hydrogen (secondary N) is 1. The predicted octanol–water partition coefficient (Wildman–Crippen LogP) is -1.80. The van der Waals surface area contributed by atoms with Crippen molar-refractivity contribution >= 4 is 11.6 Å². The molecule has 0 radical (unpaired) electrons. The van der Waals surface area contributed by atoms with Gasteiger partial charge in [0.2, 0.25) is 5.91 Å². The fourth-order valence-corrected chi connectivity index (χ4v) is 1.88. The summed E-state index contributed by atoms with van der Waals surface area (Å²) in [7, 11) is 0. The first kappa shape index (κ1) is 17.0. The van der Waals surface area contributed by atoms with Crippen LogP contribution in [0.1, 0.15) is 11.4 Å². The maximum absolute atomic E-state index is 10.9. The van der Waals surface area contributed by atoms with Crippen LogP contribution in [0.5, 0.6) is 0 Å². The molecule has 0 saturated carbocycles. The smallest absolute Gasteiger partial charge is 0.312 e. The standard InChI is InChI=1S/C11H19N5O5/c1-6-10(16(20)21)7(2)15(14-6)5-8(17)3-13-4-9(18)11(12)19/h8-9,13,17-18H,3-5H2,1-2H3,(H2,12,19). The van der Waals surface area contributed by atoms with E-state index in [0.717, 1.165) is 0 Å². The monoisotopic (exact) mass is 301 g/mol. The number of rotatable bonds is 8. The minimum absolute atomic E-state index is 0.0557. The number of amides is 1. The topological polar surface area (TPSA) is 157 Å². The van der Waals surface area contributed by atoms with Crippen molar-refractivity contribution in [1.82, 2.24) is 15.1 Å². The third-order valence-corrected chi connectivity index (χ3v) is 2.96. The van der Waals surface area contributed by atoms with Gasteiger partial charge in [0, 0.05) is 13.1 Å². The van der Waals surface area contributed by atoms with E-state index in [1.54, 1.807) is 6.92 Å². The summed E-state index contributed by atoms with van der Waals surface area (Å²) in [5.74, 6) is -0.855. The highest BCUT2D eigenvalue weighted by Crippen LogP contribution is 2.21. The van der Waals surface area contributed by atoms with Crippen LogP contribution in [0, 0.1) is 24.0 Å². The van der Waals surface area contributed by atoms with Gasteiger partial charge in [0.15, 0.2) is 0 Å². The van der Waals surface area contributed by atoms with E-state index >= 15 is 0 Å². The number of primary amides is 1. The van der Waals surface area contributed by atoms with Gasteiger partial charge in [-0.15, -0.1) is 0 Å². The summed E-state index contributed by atoms with van der Waals surface area (Å²) in [6, 6.07) is 0. The molecule has 0 aliphatic rings. The van der Waals surface area contributed by atoms with E-state index in [9.17, 15) is 20.0 Å². The second kappa shape index (κ2) is 7.11. The number of carbonyl (C=O) groups is 1. The molecule has 0 spiro atoms. The van der Waals surface area contributed by atoms with Crippen molar-refractivity contribution in [2.45, 2.75) is 32.6 Å². The summed E-state index contributed by atoms with van der Waals surface area (Å²) in [4.78, 5) is 21.0. The molecule has 118 valence electrons. The molecule has 2 unspecified atom stereocenters. The highest BCUT2D eigenvalue weighted by molar-refractivity contribution is 5.78. The molecule has 5 N–H and O–H groups in total. The molecule has 0 bridgehead atoms. The van der Waals surface area contributed by atoms with Crippen molar-refractivity contribution in [3.05, 3.63) is 21.5 Å². The summed E-state index contributed by atoms with van der Waals surface area (Å²) in [5.41, 5.74) is 5.44. The number of carbonyl (C=O) groups excluding carboxylic acids is 1. The first-order chi connectivity index (χ1) is 9.73. The Morgan fingerprint density at radius 2 is 2.10 bits per heavy atom. The van der Waals surface area contributed by atoms with Crippen LogP contribution in [0.4, 0.5) is 5.69 Å². The quantitative estimate of drug-likeness (QED) is 0.326. The van der Waals surface area contributed by atoms with Crippen molar-refractivity contribution in [2.24, 2.45) is 5.73 Å². The molecule has 0 aromatic carbocycles. The van der Waals surface area contributed by atoms with Crippen molar-refractivity contribution in [3.63, 3.8) is 0 Å². The normalized spacial score (nSPS) is 13.9. The molecule has 0 aliphatic heterocycles.